The molecule has 0 spiro atoms. The molecule has 0 aliphatic rings. The van der Waals surface area contributed by atoms with Crippen molar-refractivity contribution < 1.29 is 18.0 Å². The summed E-state index contributed by atoms with van der Waals surface area (Å²) in [6, 6.07) is 29.0. The number of fused-ring (bicyclic) bond motifs is 1. The summed E-state index contributed by atoms with van der Waals surface area (Å²) in [7, 11) is -2.57. The van der Waals surface area contributed by atoms with Crippen LogP contribution in [0.15, 0.2) is 102 Å². The molecule has 7 nitrogen and oxygen atoms in total. The SMILES string of the molecule is CCCCNC(=O)[C@@H](Cc1ccccc1)N(Cc1cccc(C)c1)C(=O)CN(C)S(=O)(=O)c1ccc2ccccc2c1. The molecule has 0 radical (unpaired) electrons. The quantitative estimate of drug-likeness (QED) is 0.215. The number of nitrogens with zero attached hydrogens (tertiary/aromatic N) is 2. The summed E-state index contributed by atoms with van der Waals surface area (Å²) in [5, 5.41) is 4.72. The largest absolute Gasteiger partial charge is 0.354 e. The van der Waals surface area contributed by atoms with Crippen molar-refractivity contribution in [2.75, 3.05) is 20.1 Å². The van der Waals surface area contributed by atoms with Crippen molar-refractivity contribution in [2.45, 2.75) is 50.6 Å². The Morgan fingerprint density at radius 2 is 1.52 bits per heavy atom. The normalized spacial score (nSPS) is 12.3. The van der Waals surface area contributed by atoms with Crippen LogP contribution in [0.25, 0.3) is 10.8 Å². The Kier molecular flexibility index (Phi) is 10.5. The molecule has 0 aliphatic carbocycles. The average molecular weight is 586 g/mol. The van der Waals surface area contributed by atoms with Gasteiger partial charge < -0.3 is 10.2 Å². The van der Waals surface area contributed by atoms with Crippen molar-refractivity contribution in [1.82, 2.24) is 14.5 Å². The molecule has 4 aromatic rings. The van der Waals surface area contributed by atoms with E-state index in [1.807, 2.05) is 92.7 Å². The second-order valence-electron chi connectivity index (χ2n) is 10.6. The highest BCUT2D eigenvalue weighted by Crippen LogP contribution is 2.22. The van der Waals surface area contributed by atoms with E-state index in [1.165, 1.54) is 11.9 Å². The van der Waals surface area contributed by atoms with Crippen molar-refractivity contribution in [2.24, 2.45) is 0 Å². The number of sulfonamides is 1. The van der Waals surface area contributed by atoms with Gasteiger partial charge >= 0.3 is 0 Å². The molecule has 0 saturated heterocycles. The summed E-state index contributed by atoms with van der Waals surface area (Å²) in [6.07, 6.45) is 2.05. The zero-order chi connectivity index (χ0) is 30.1. The van der Waals surface area contributed by atoms with Crippen LogP contribution in [0.1, 0.15) is 36.5 Å². The van der Waals surface area contributed by atoms with Crippen molar-refractivity contribution in [3.63, 3.8) is 0 Å². The van der Waals surface area contributed by atoms with E-state index in [4.69, 9.17) is 0 Å². The molecule has 220 valence electrons. The van der Waals surface area contributed by atoms with Crippen LogP contribution in [-0.4, -0.2) is 55.6 Å². The molecule has 42 heavy (non-hydrogen) atoms. The molecular weight excluding hydrogens is 546 g/mol. The summed E-state index contributed by atoms with van der Waals surface area (Å²) < 4.78 is 28.2. The molecule has 1 atom stereocenters. The maximum atomic E-state index is 14.0. The molecule has 0 aromatic heterocycles. The van der Waals surface area contributed by atoms with Crippen LogP contribution in [0, 0.1) is 6.92 Å². The van der Waals surface area contributed by atoms with Gasteiger partial charge in [0.25, 0.3) is 0 Å². The lowest BCUT2D eigenvalue weighted by Gasteiger charge is -2.33. The molecule has 4 rings (SSSR count). The second-order valence-corrected chi connectivity index (χ2v) is 12.7. The zero-order valence-corrected chi connectivity index (χ0v) is 25.3. The molecule has 0 heterocycles. The molecule has 0 saturated carbocycles. The minimum atomic E-state index is -3.98. The van der Waals surface area contributed by atoms with E-state index in [2.05, 4.69) is 5.32 Å². The molecule has 8 heteroatoms. The average Bonchev–Trinajstić information content (AvgIpc) is 2.99. The van der Waals surface area contributed by atoms with Crippen LogP contribution in [0.3, 0.4) is 0 Å². The molecule has 0 bridgehead atoms. The highest BCUT2D eigenvalue weighted by molar-refractivity contribution is 7.89. The maximum absolute atomic E-state index is 14.0. The number of benzene rings is 4. The van der Waals surface area contributed by atoms with Gasteiger partial charge in [-0.05, 0) is 47.4 Å². The van der Waals surface area contributed by atoms with Crippen molar-refractivity contribution >= 4 is 32.6 Å². The summed E-state index contributed by atoms with van der Waals surface area (Å²) in [6.45, 7) is 4.28. The molecule has 0 aliphatic heterocycles. The number of carbonyl (C=O) groups is 2. The Labute approximate surface area is 249 Å². The summed E-state index contributed by atoms with van der Waals surface area (Å²) in [5.74, 6) is -0.705. The van der Waals surface area contributed by atoms with Gasteiger partial charge in [-0.3, -0.25) is 9.59 Å². The van der Waals surface area contributed by atoms with Crippen molar-refractivity contribution in [3.8, 4) is 0 Å². The van der Waals surface area contributed by atoms with Gasteiger partial charge in [0.1, 0.15) is 6.04 Å². The molecule has 4 aromatic carbocycles. The number of rotatable bonds is 13. The lowest BCUT2D eigenvalue weighted by Crippen LogP contribution is -2.53. The van der Waals surface area contributed by atoms with Crippen LogP contribution < -0.4 is 5.32 Å². The number of hydrogen-bond donors (Lipinski definition) is 1. The van der Waals surface area contributed by atoms with Crippen LogP contribution in [-0.2, 0) is 32.6 Å². The van der Waals surface area contributed by atoms with Gasteiger partial charge in [0, 0.05) is 26.6 Å². The first kappa shape index (κ1) is 30.9. The third-order valence-electron chi connectivity index (χ3n) is 7.32. The summed E-state index contributed by atoms with van der Waals surface area (Å²) in [5.41, 5.74) is 2.80. The molecule has 1 N–H and O–H groups in total. The van der Waals surface area contributed by atoms with E-state index in [9.17, 15) is 18.0 Å². The molecule has 0 fully saturated rings. The minimum absolute atomic E-state index is 0.111. The number of nitrogens with one attached hydrogen (secondary N) is 1. The van der Waals surface area contributed by atoms with E-state index in [0.717, 1.165) is 44.6 Å². The maximum Gasteiger partial charge on any atom is 0.243 e. The van der Waals surface area contributed by atoms with E-state index < -0.39 is 28.5 Å². The number of amides is 2. The fourth-order valence-corrected chi connectivity index (χ4v) is 6.10. The van der Waals surface area contributed by atoms with Crippen LogP contribution in [0.4, 0.5) is 0 Å². The lowest BCUT2D eigenvalue weighted by molar-refractivity contribution is -0.141. The predicted octanol–water partition coefficient (Wildman–Crippen LogP) is 5.33. The minimum Gasteiger partial charge on any atom is -0.354 e. The third kappa shape index (κ3) is 7.84. The van der Waals surface area contributed by atoms with E-state index in [-0.39, 0.29) is 17.3 Å². The Balaban J connectivity index is 1.66. The topological polar surface area (TPSA) is 86.8 Å². The van der Waals surface area contributed by atoms with Crippen molar-refractivity contribution in [3.05, 3.63) is 114 Å². The highest BCUT2D eigenvalue weighted by atomic mass is 32.2. The number of carbonyl (C=O) groups excluding carboxylic acids is 2. The van der Waals surface area contributed by atoms with Gasteiger partial charge in [-0.15, -0.1) is 0 Å². The van der Waals surface area contributed by atoms with Gasteiger partial charge in [-0.25, -0.2) is 8.42 Å². The monoisotopic (exact) mass is 585 g/mol. The fraction of sp³-hybridized carbons (Fsp3) is 0.294. The van der Waals surface area contributed by atoms with Gasteiger partial charge in [0.15, 0.2) is 0 Å². The fourth-order valence-electron chi connectivity index (χ4n) is 4.94. The van der Waals surface area contributed by atoms with Gasteiger partial charge in [0.05, 0.1) is 11.4 Å². The number of unbranched alkanes of at least 4 members (excludes halogenated alkanes) is 1. The van der Waals surface area contributed by atoms with Crippen LogP contribution in [0.5, 0.6) is 0 Å². The first-order valence-electron chi connectivity index (χ1n) is 14.3. The highest BCUT2D eigenvalue weighted by Gasteiger charge is 2.33. The zero-order valence-electron chi connectivity index (χ0n) is 24.5. The Bertz CT molecular complexity index is 1620. The smallest absolute Gasteiger partial charge is 0.243 e. The van der Waals surface area contributed by atoms with Crippen molar-refractivity contribution in [1.29, 1.82) is 0 Å². The van der Waals surface area contributed by atoms with Crippen LogP contribution >= 0.6 is 0 Å². The summed E-state index contributed by atoms with van der Waals surface area (Å²) >= 11 is 0. The number of aryl methyl sites for hydroxylation is 1. The third-order valence-corrected chi connectivity index (χ3v) is 9.12. The van der Waals surface area contributed by atoms with Gasteiger partial charge in [-0.1, -0.05) is 104 Å². The molecule has 0 unspecified atom stereocenters. The van der Waals surface area contributed by atoms with Gasteiger partial charge in [0.2, 0.25) is 21.8 Å². The molecule has 2 amide bonds. The first-order chi connectivity index (χ1) is 20.2. The Hall–Kier alpha value is -4.01. The van der Waals surface area contributed by atoms with E-state index in [1.54, 1.807) is 18.2 Å². The van der Waals surface area contributed by atoms with Gasteiger partial charge in [-0.2, -0.15) is 4.31 Å². The van der Waals surface area contributed by atoms with E-state index in [0.29, 0.717) is 13.0 Å². The van der Waals surface area contributed by atoms with E-state index >= 15 is 0 Å². The first-order valence-corrected chi connectivity index (χ1v) is 15.7. The standard InChI is InChI=1S/C34H39N3O4S/c1-4-5-20-35-34(39)32(22-27-13-7-6-8-14-27)37(24-28-15-11-12-26(2)21-28)33(38)25-36(3)42(40,41)31-19-18-29-16-9-10-17-30(29)23-31/h6-19,21,23,32H,4-5,20,22,24-25H2,1-3H3,(H,35,39)/t32-/m1/s1. The number of likely N-dealkylation sites (N-methyl/N-ethyl adjacent to an activating group) is 1. The summed E-state index contributed by atoms with van der Waals surface area (Å²) in [4.78, 5) is 29.3. The Morgan fingerprint density at radius 3 is 2.24 bits per heavy atom. The van der Waals surface area contributed by atoms with Crippen LogP contribution in [0.2, 0.25) is 0 Å². The second kappa shape index (κ2) is 14.2. The molecular formula is C34H39N3O4S. The lowest BCUT2D eigenvalue weighted by atomic mass is 10.0. The predicted molar refractivity (Wildman–Crippen MR) is 167 cm³/mol. The number of hydrogen-bond acceptors (Lipinski definition) is 4. The Morgan fingerprint density at radius 1 is 0.833 bits per heavy atom.